The number of aryl methyl sites for hydroxylation is 1. The highest BCUT2D eigenvalue weighted by Crippen LogP contribution is 2.40. The van der Waals surface area contributed by atoms with E-state index in [1.807, 2.05) is 19.1 Å². The van der Waals surface area contributed by atoms with Crippen molar-refractivity contribution in [3.63, 3.8) is 0 Å². The van der Waals surface area contributed by atoms with Gasteiger partial charge in [0.2, 0.25) is 0 Å². The zero-order chi connectivity index (χ0) is 14.1. The van der Waals surface area contributed by atoms with Gasteiger partial charge in [-0.1, -0.05) is 18.9 Å². The number of pyridine rings is 1. The molecular formula is C16H22N2O2. The Morgan fingerprint density at radius 3 is 3.00 bits per heavy atom. The summed E-state index contributed by atoms with van der Waals surface area (Å²) in [5, 5.41) is 9.52. The van der Waals surface area contributed by atoms with E-state index in [0.717, 1.165) is 24.1 Å². The normalized spacial score (nSPS) is 30.1. The number of hydrogen-bond donors (Lipinski definition) is 1. The fourth-order valence-corrected chi connectivity index (χ4v) is 3.88. The Balaban J connectivity index is 1.84. The summed E-state index contributed by atoms with van der Waals surface area (Å²) in [5.41, 5.74) is 2.17. The van der Waals surface area contributed by atoms with Gasteiger partial charge >= 0.3 is 5.97 Å². The molecule has 2 fully saturated rings. The lowest BCUT2D eigenvalue weighted by Crippen LogP contribution is -2.42. The van der Waals surface area contributed by atoms with E-state index < -0.39 is 5.97 Å². The summed E-state index contributed by atoms with van der Waals surface area (Å²) in [6, 6.07) is 4.09. The van der Waals surface area contributed by atoms with Gasteiger partial charge in [0.15, 0.2) is 0 Å². The minimum absolute atomic E-state index is 0.329. The van der Waals surface area contributed by atoms with Crippen LogP contribution in [0.3, 0.4) is 0 Å². The molecule has 4 heteroatoms. The quantitative estimate of drug-likeness (QED) is 0.920. The number of carbonyl (C=O) groups is 1. The van der Waals surface area contributed by atoms with Crippen LogP contribution in [0.2, 0.25) is 0 Å². The number of fused-ring (bicyclic) bond motifs is 1. The van der Waals surface area contributed by atoms with Crippen LogP contribution in [0.1, 0.15) is 43.4 Å². The van der Waals surface area contributed by atoms with E-state index in [4.69, 9.17) is 0 Å². The molecule has 1 aliphatic heterocycles. The van der Waals surface area contributed by atoms with Crippen LogP contribution in [0.25, 0.3) is 0 Å². The molecule has 0 bridgehead atoms. The monoisotopic (exact) mass is 274 g/mol. The Kier molecular flexibility index (Phi) is 3.74. The van der Waals surface area contributed by atoms with Crippen molar-refractivity contribution in [3.8, 4) is 0 Å². The Morgan fingerprint density at radius 1 is 1.45 bits per heavy atom. The van der Waals surface area contributed by atoms with Crippen LogP contribution in [0.15, 0.2) is 18.3 Å². The number of aliphatic carboxylic acids is 1. The van der Waals surface area contributed by atoms with Crippen LogP contribution in [0.5, 0.6) is 0 Å². The van der Waals surface area contributed by atoms with Crippen LogP contribution in [0.4, 0.5) is 0 Å². The maximum Gasteiger partial charge on any atom is 0.320 e. The first-order valence-corrected chi connectivity index (χ1v) is 7.56. The Labute approximate surface area is 119 Å². The van der Waals surface area contributed by atoms with Gasteiger partial charge in [0.25, 0.3) is 0 Å². The van der Waals surface area contributed by atoms with E-state index in [1.165, 1.54) is 19.3 Å². The summed E-state index contributed by atoms with van der Waals surface area (Å²) in [7, 11) is 0. The highest BCUT2D eigenvalue weighted by molar-refractivity contribution is 5.74. The van der Waals surface area contributed by atoms with Gasteiger partial charge in [-0.15, -0.1) is 0 Å². The molecule has 1 aromatic heterocycles. The van der Waals surface area contributed by atoms with Crippen molar-refractivity contribution in [2.75, 3.05) is 0 Å². The maximum absolute atomic E-state index is 11.6. The Hall–Kier alpha value is -1.42. The first kappa shape index (κ1) is 13.6. The lowest BCUT2D eigenvalue weighted by Gasteiger charge is -2.32. The van der Waals surface area contributed by atoms with Crippen LogP contribution in [-0.4, -0.2) is 33.0 Å². The van der Waals surface area contributed by atoms with Gasteiger partial charge in [0, 0.05) is 18.8 Å². The highest BCUT2D eigenvalue weighted by atomic mass is 16.4. The third-order valence-electron chi connectivity index (χ3n) is 4.96. The molecule has 3 rings (SSSR count). The van der Waals surface area contributed by atoms with Gasteiger partial charge in [0.05, 0.1) is 5.69 Å². The third-order valence-corrected chi connectivity index (χ3v) is 4.96. The number of nitrogens with zero attached hydrogens (tertiary/aromatic N) is 2. The molecule has 3 atom stereocenters. The van der Waals surface area contributed by atoms with Crippen molar-refractivity contribution >= 4 is 5.97 Å². The summed E-state index contributed by atoms with van der Waals surface area (Å²) in [5.74, 6) is -0.109. The van der Waals surface area contributed by atoms with E-state index in [1.54, 1.807) is 6.20 Å². The molecule has 3 unspecified atom stereocenters. The fraction of sp³-hybridized carbons (Fsp3) is 0.625. The minimum atomic E-state index is -0.673. The third kappa shape index (κ3) is 2.44. The average Bonchev–Trinajstić information content (AvgIpc) is 2.81. The second-order valence-corrected chi connectivity index (χ2v) is 6.14. The zero-order valence-corrected chi connectivity index (χ0v) is 12.0. The van der Waals surface area contributed by atoms with E-state index in [0.29, 0.717) is 18.5 Å². The largest absolute Gasteiger partial charge is 0.480 e. The smallest absolute Gasteiger partial charge is 0.320 e. The molecule has 108 valence electrons. The molecule has 0 amide bonds. The van der Waals surface area contributed by atoms with Gasteiger partial charge in [-0.3, -0.25) is 14.7 Å². The maximum atomic E-state index is 11.6. The summed E-state index contributed by atoms with van der Waals surface area (Å²) in [6.07, 6.45) is 7.42. The molecule has 1 aliphatic carbocycles. The summed E-state index contributed by atoms with van der Waals surface area (Å²) in [6.45, 7) is 2.72. The van der Waals surface area contributed by atoms with Gasteiger partial charge < -0.3 is 5.11 Å². The molecule has 4 nitrogen and oxygen atoms in total. The van der Waals surface area contributed by atoms with E-state index >= 15 is 0 Å². The number of hydrogen-bond acceptors (Lipinski definition) is 3. The van der Waals surface area contributed by atoms with Crippen molar-refractivity contribution in [2.24, 2.45) is 5.92 Å². The van der Waals surface area contributed by atoms with Crippen molar-refractivity contribution in [2.45, 2.75) is 57.7 Å². The molecule has 0 radical (unpaired) electrons. The first-order chi connectivity index (χ1) is 9.66. The van der Waals surface area contributed by atoms with Gasteiger partial charge in [0.1, 0.15) is 6.04 Å². The van der Waals surface area contributed by atoms with Crippen molar-refractivity contribution in [1.82, 2.24) is 9.88 Å². The van der Waals surface area contributed by atoms with Crippen LogP contribution in [0, 0.1) is 12.8 Å². The predicted molar refractivity (Wildman–Crippen MR) is 76.3 cm³/mol. The summed E-state index contributed by atoms with van der Waals surface area (Å²) in [4.78, 5) is 18.2. The molecule has 1 saturated heterocycles. The van der Waals surface area contributed by atoms with Crippen LogP contribution < -0.4 is 0 Å². The molecule has 1 aromatic rings. The second kappa shape index (κ2) is 5.52. The molecule has 1 N–H and O–H groups in total. The van der Waals surface area contributed by atoms with Crippen molar-refractivity contribution in [3.05, 3.63) is 29.6 Å². The number of aromatic nitrogens is 1. The zero-order valence-electron chi connectivity index (χ0n) is 12.0. The predicted octanol–water partition coefficient (Wildman–Crippen LogP) is 2.61. The highest BCUT2D eigenvalue weighted by Gasteiger charge is 2.45. The topological polar surface area (TPSA) is 53.4 Å². The standard InChI is InChI=1S/C16H22N2O2/c1-11-5-4-8-17-13(11)10-18-14-7-3-2-6-12(14)9-15(18)16(19)20/h4-5,8,12,14-15H,2-3,6-7,9-10H2,1H3,(H,19,20). The Morgan fingerprint density at radius 2 is 2.25 bits per heavy atom. The van der Waals surface area contributed by atoms with Gasteiger partial charge in [-0.25, -0.2) is 0 Å². The van der Waals surface area contributed by atoms with Gasteiger partial charge in [-0.2, -0.15) is 0 Å². The lowest BCUT2D eigenvalue weighted by atomic mass is 9.84. The summed E-state index contributed by atoms with van der Waals surface area (Å²) < 4.78 is 0. The SMILES string of the molecule is Cc1cccnc1CN1C(C(=O)O)CC2CCCCC21. The van der Waals surface area contributed by atoms with Crippen molar-refractivity contribution in [1.29, 1.82) is 0 Å². The number of carboxylic acids is 1. The van der Waals surface area contributed by atoms with Crippen LogP contribution in [-0.2, 0) is 11.3 Å². The number of likely N-dealkylation sites (tertiary alicyclic amines) is 1. The molecule has 2 heterocycles. The minimum Gasteiger partial charge on any atom is -0.480 e. The number of rotatable bonds is 3. The van der Waals surface area contributed by atoms with E-state index in [2.05, 4.69) is 9.88 Å². The molecule has 0 spiro atoms. The molecule has 2 aliphatic rings. The van der Waals surface area contributed by atoms with Crippen LogP contribution >= 0.6 is 0 Å². The first-order valence-electron chi connectivity index (χ1n) is 7.56. The molecule has 1 saturated carbocycles. The molecule has 0 aromatic carbocycles. The van der Waals surface area contributed by atoms with E-state index in [-0.39, 0.29) is 6.04 Å². The van der Waals surface area contributed by atoms with E-state index in [9.17, 15) is 9.90 Å². The lowest BCUT2D eigenvalue weighted by molar-refractivity contribution is -0.142. The average molecular weight is 274 g/mol. The van der Waals surface area contributed by atoms with Crippen molar-refractivity contribution < 1.29 is 9.90 Å². The molecule has 20 heavy (non-hydrogen) atoms. The Bertz CT molecular complexity index is 503. The number of carboxylic acid groups (broad SMARTS) is 1. The fourth-order valence-electron chi connectivity index (χ4n) is 3.88. The second-order valence-electron chi connectivity index (χ2n) is 6.14. The van der Waals surface area contributed by atoms with Gasteiger partial charge in [-0.05, 0) is 43.7 Å². The molecular weight excluding hydrogens is 252 g/mol. The summed E-state index contributed by atoms with van der Waals surface area (Å²) >= 11 is 0.